The Morgan fingerprint density at radius 2 is 0.750 bits per heavy atom. The highest BCUT2D eigenvalue weighted by Crippen LogP contribution is 2.58. The van der Waals surface area contributed by atoms with Crippen LogP contribution in [0.25, 0.3) is 0 Å². The van der Waals surface area contributed by atoms with Gasteiger partial charge in [0.25, 0.3) is 0 Å². The third-order valence-electron chi connectivity index (χ3n) is 5.22. The first kappa shape index (κ1) is 13.3. The number of phenols is 4. The molecule has 0 aromatic heterocycles. The summed E-state index contributed by atoms with van der Waals surface area (Å²) in [6, 6.07) is 14.4. The fourth-order valence-corrected chi connectivity index (χ4v) is 4.26. The molecule has 4 N–H and O–H groups in total. The first-order valence-corrected chi connectivity index (χ1v) is 7.76. The van der Waals surface area contributed by atoms with Crippen LogP contribution in [0.3, 0.4) is 0 Å². The van der Waals surface area contributed by atoms with Crippen LogP contribution in [0.15, 0.2) is 48.5 Å². The van der Waals surface area contributed by atoms with E-state index in [0.717, 1.165) is 33.4 Å². The lowest BCUT2D eigenvalue weighted by atomic mass is 9.61. The smallest absolute Gasteiger partial charge is 0.157 e. The van der Waals surface area contributed by atoms with Crippen LogP contribution < -0.4 is 0 Å². The fraction of sp³-hybridized carbons (Fsp3) is 0.100. The molecule has 0 unspecified atom stereocenters. The number of hydrogen-bond donors (Lipinski definition) is 4. The van der Waals surface area contributed by atoms with Gasteiger partial charge >= 0.3 is 0 Å². The minimum atomic E-state index is -0.150. The van der Waals surface area contributed by atoms with Crippen LogP contribution >= 0.6 is 0 Å². The maximum absolute atomic E-state index is 9.96. The zero-order valence-electron chi connectivity index (χ0n) is 12.6. The Hall–Kier alpha value is -3.14. The number of rotatable bonds is 0. The summed E-state index contributed by atoms with van der Waals surface area (Å²) in [6.07, 6.45) is 0. The van der Waals surface area contributed by atoms with Crippen molar-refractivity contribution >= 4 is 0 Å². The second kappa shape index (κ2) is 4.23. The molecule has 3 aliphatic carbocycles. The molecule has 3 aromatic carbocycles. The summed E-state index contributed by atoms with van der Waals surface area (Å²) < 4.78 is 0. The highest BCUT2D eigenvalue weighted by Gasteiger charge is 2.42. The third-order valence-corrected chi connectivity index (χ3v) is 5.22. The van der Waals surface area contributed by atoms with Crippen LogP contribution in [0.5, 0.6) is 23.0 Å². The van der Waals surface area contributed by atoms with E-state index >= 15 is 0 Å². The van der Waals surface area contributed by atoms with E-state index in [-0.39, 0.29) is 34.8 Å². The Morgan fingerprint density at radius 3 is 1.04 bits per heavy atom. The Labute approximate surface area is 137 Å². The highest BCUT2D eigenvalue weighted by molar-refractivity contribution is 5.71. The van der Waals surface area contributed by atoms with Crippen LogP contribution in [0, 0.1) is 0 Å². The van der Waals surface area contributed by atoms with Gasteiger partial charge in [-0.05, 0) is 57.6 Å². The van der Waals surface area contributed by atoms with E-state index in [2.05, 4.69) is 0 Å². The lowest BCUT2D eigenvalue weighted by Crippen LogP contribution is -2.27. The number of hydrogen-bond acceptors (Lipinski definition) is 4. The average Bonchev–Trinajstić information content (AvgIpc) is 2.57. The molecule has 3 aliphatic rings. The average molecular weight is 318 g/mol. The van der Waals surface area contributed by atoms with Gasteiger partial charge in [0.15, 0.2) is 23.0 Å². The Kier molecular flexibility index (Phi) is 2.35. The van der Waals surface area contributed by atoms with Crippen LogP contribution in [0.1, 0.15) is 45.2 Å². The van der Waals surface area contributed by atoms with Crippen LogP contribution in [-0.2, 0) is 0 Å². The molecular formula is C20H14O4. The summed E-state index contributed by atoms with van der Waals surface area (Å²) in [6.45, 7) is 0. The molecule has 6 rings (SSSR count). The van der Waals surface area contributed by atoms with Crippen molar-refractivity contribution in [2.24, 2.45) is 0 Å². The van der Waals surface area contributed by atoms with E-state index in [0.29, 0.717) is 0 Å². The van der Waals surface area contributed by atoms with E-state index in [9.17, 15) is 20.4 Å². The summed E-state index contributed by atoms with van der Waals surface area (Å²) in [7, 11) is 0. The van der Waals surface area contributed by atoms with Crippen LogP contribution in [0.4, 0.5) is 0 Å². The summed E-state index contributed by atoms with van der Waals surface area (Å²) in [5.41, 5.74) is 5.94. The molecule has 0 amide bonds. The summed E-state index contributed by atoms with van der Waals surface area (Å²) in [5, 5.41) is 39.8. The minimum absolute atomic E-state index is 0.144. The van der Waals surface area contributed by atoms with E-state index in [1.54, 1.807) is 24.3 Å². The second-order valence-electron chi connectivity index (χ2n) is 6.43. The molecular weight excluding hydrogens is 304 g/mol. The Morgan fingerprint density at radius 1 is 0.458 bits per heavy atom. The van der Waals surface area contributed by atoms with Gasteiger partial charge in [-0.3, -0.25) is 0 Å². The summed E-state index contributed by atoms with van der Waals surface area (Å²) in [5.74, 6) is -0.887. The van der Waals surface area contributed by atoms with Gasteiger partial charge in [0.05, 0.1) is 0 Å². The van der Waals surface area contributed by atoms with Crippen molar-refractivity contribution in [1.29, 1.82) is 0 Å². The maximum Gasteiger partial charge on any atom is 0.157 e. The van der Waals surface area contributed by atoms with Crippen molar-refractivity contribution in [3.8, 4) is 23.0 Å². The van der Waals surface area contributed by atoms with Crippen molar-refractivity contribution in [1.82, 2.24) is 0 Å². The molecule has 4 heteroatoms. The normalized spacial score (nSPS) is 19.5. The lowest BCUT2D eigenvalue weighted by molar-refractivity contribution is 0.399. The highest BCUT2D eigenvalue weighted by atomic mass is 16.3. The second-order valence-corrected chi connectivity index (χ2v) is 6.43. The Bertz CT molecular complexity index is 882. The lowest BCUT2D eigenvalue weighted by Gasteiger charge is -2.42. The van der Waals surface area contributed by atoms with E-state index < -0.39 is 0 Å². The SMILES string of the molecule is Oc1cc2c(cc1O)C1c3ccccc3C2c2cc(O)c(O)cc21. The molecule has 0 atom stereocenters. The van der Waals surface area contributed by atoms with Gasteiger partial charge in [0.2, 0.25) is 0 Å². The predicted octanol–water partition coefficient (Wildman–Crippen LogP) is 3.50. The molecule has 0 spiro atoms. The van der Waals surface area contributed by atoms with Crippen LogP contribution in [-0.4, -0.2) is 20.4 Å². The molecule has 0 aliphatic heterocycles. The minimum Gasteiger partial charge on any atom is -0.504 e. The largest absolute Gasteiger partial charge is 0.504 e. The molecule has 0 saturated carbocycles. The third kappa shape index (κ3) is 1.48. The molecule has 24 heavy (non-hydrogen) atoms. The molecule has 3 aromatic rings. The molecule has 0 radical (unpaired) electrons. The fourth-order valence-electron chi connectivity index (χ4n) is 4.26. The molecule has 0 saturated heterocycles. The van der Waals surface area contributed by atoms with Gasteiger partial charge < -0.3 is 20.4 Å². The van der Waals surface area contributed by atoms with E-state index in [1.807, 2.05) is 24.3 Å². The van der Waals surface area contributed by atoms with Gasteiger partial charge in [0.1, 0.15) is 0 Å². The molecule has 0 heterocycles. The molecule has 0 fully saturated rings. The first-order valence-electron chi connectivity index (χ1n) is 7.76. The van der Waals surface area contributed by atoms with Gasteiger partial charge in [-0.25, -0.2) is 0 Å². The van der Waals surface area contributed by atoms with Crippen molar-refractivity contribution in [2.75, 3.05) is 0 Å². The van der Waals surface area contributed by atoms with E-state index in [4.69, 9.17) is 0 Å². The van der Waals surface area contributed by atoms with Gasteiger partial charge in [-0.1, -0.05) is 24.3 Å². The molecule has 4 nitrogen and oxygen atoms in total. The molecule has 2 bridgehead atoms. The monoisotopic (exact) mass is 318 g/mol. The quantitative estimate of drug-likeness (QED) is 0.329. The predicted molar refractivity (Wildman–Crippen MR) is 87.9 cm³/mol. The van der Waals surface area contributed by atoms with Gasteiger partial charge in [0, 0.05) is 11.8 Å². The number of aromatic hydroxyl groups is 4. The zero-order chi connectivity index (χ0) is 16.6. The van der Waals surface area contributed by atoms with Crippen LogP contribution in [0.2, 0.25) is 0 Å². The van der Waals surface area contributed by atoms with Crippen molar-refractivity contribution in [3.63, 3.8) is 0 Å². The Balaban J connectivity index is 1.91. The van der Waals surface area contributed by atoms with E-state index in [1.165, 1.54) is 0 Å². The first-order chi connectivity index (χ1) is 11.6. The maximum atomic E-state index is 9.96. The zero-order valence-corrected chi connectivity index (χ0v) is 12.6. The van der Waals surface area contributed by atoms with Crippen molar-refractivity contribution < 1.29 is 20.4 Å². The van der Waals surface area contributed by atoms with Crippen molar-refractivity contribution in [3.05, 3.63) is 81.9 Å². The van der Waals surface area contributed by atoms with Gasteiger partial charge in [-0.2, -0.15) is 0 Å². The van der Waals surface area contributed by atoms with Crippen molar-refractivity contribution in [2.45, 2.75) is 11.8 Å². The number of benzene rings is 3. The standard InChI is InChI=1S/C20H14O4/c21-15-5-11-13(7-17(15)23)20-10-4-2-1-3-9(10)19(11)12-6-16(22)18(24)8-14(12)20/h1-8,19-24H. The molecule has 118 valence electrons. The van der Waals surface area contributed by atoms with Gasteiger partial charge in [-0.15, -0.1) is 0 Å². The summed E-state index contributed by atoms with van der Waals surface area (Å²) in [4.78, 5) is 0. The summed E-state index contributed by atoms with van der Waals surface area (Å²) >= 11 is 0. The topological polar surface area (TPSA) is 80.9 Å². The number of phenolic OH excluding ortho intramolecular Hbond substituents is 4.